The van der Waals surface area contributed by atoms with Gasteiger partial charge in [-0.3, -0.25) is 19.9 Å². The van der Waals surface area contributed by atoms with Gasteiger partial charge in [0, 0.05) is 17.3 Å². The minimum Gasteiger partial charge on any atom is -0.443 e. The van der Waals surface area contributed by atoms with Crippen molar-refractivity contribution >= 4 is 28.3 Å². The number of hydrogen-bond acceptors (Lipinski definition) is 6. The fourth-order valence-corrected chi connectivity index (χ4v) is 3.86. The summed E-state index contributed by atoms with van der Waals surface area (Å²) in [4.78, 5) is 34.0. The SMILES string of the molecule is CC(C)(NC(=O)c1ccc(F)cc1)C(=O)Nc1nc(-c2ccc(F)cc2)c(Oc2cccnc2)s1. The summed E-state index contributed by atoms with van der Waals surface area (Å²) < 4.78 is 32.5. The van der Waals surface area contributed by atoms with Crippen LogP contribution in [-0.2, 0) is 4.79 Å². The number of benzene rings is 2. The van der Waals surface area contributed by atoms with E-state index in [9.17, 15) is 18.4 Å². The average Bonchev–Trinajstić information content (AvgIpc) is 3.22. The van der Waals surface area contributed by atoms with Crippen molar-refractivity contribution in [2.75, 3.05) is 5.32 Å². The van der Waals surface area contributed by atoms with Crippen molar-refractivity contribution in [3.05, 3.63) is 90.3 Å². The Kier molecular flexibility index (Phi) is 6.83. The predicted octanol–water partition coefficient (Wildman–Crippen LogP) is 5.42. The van der Waals surface area contributed by atoms with Gasteiger partial charge in [0.05, 0.1) is 6.20 Å². The molecular formula is C25H20F2N4O3S. The van der Waals surface area contributed by atoms with Crippen molar-refractivity contribution in [1.82, 2.24) is 15.3 Å². The van der Waals surface area contributed by atoms with Crippen LogP contribution in [0.15, 0.2) is 73.1 Å². The van der Waals surface area contributed by atoms with E-state index in [0.29, 0.717) is 22.1 Å². The first kappa shape index (κ1) is 24.0. The molecule has 178 valence electrons. The number of carbonyl (C=O) groups excluding carboxylic acids is 2. The van der Waals surface area contributed by atoms with Crippen LogP contribution in [0, 0.1) is 11.6 Å². The molecule has 2 heterocycles. The van der Waals surface area contributed by atoms with E-state index in [2.05, 4.69) is 20.6 Å². The van der Waals surface area contributed by atoms with E-state index in [1.165, 1.54) is 44.3 Å². The number of pyridine rings is 1. The monoisotopic (exact) mass is 494 g/mol. The number of carbonyl (C=O) groups is 2. The van der Waals surface area contributed by atoms with Crippen molar-refractivity contribution in [2.24, 2.45) is 0 Å². The highest BCUT2D eigenvalue weighted by Gasteiger charge is 2.31. The van der Waals surface area contributed by atoms with E-state index in [1.54, 1.807) is 30.5 Å². The van der Waals surface area contributed by atoms with E-state index in [0.717, 1.165) is 23.5 Å². The number of nitrogens with zero attached hydrogens (tertiary/aromatic N) is 2. The first-order valence-corrected chi connectivity index (χ1v) is 11.3. The maximum atomic E-state index is 13.4. The van der Waals surface area contributed by atoms with Crippen LogP contribution < -0.4 is 15.4 Å². The molecule has 0 saturated heterocycles. The zero-order valence-electron chi connectivity index (χ0n) is 18.7. The van der Waals surface area contributed by atoms with Crippen LogP contribution in [-0.4, -0.2) is 27.3 Å². The number of thiazole rings is 1. The fraction of sp³-hybridized carbons (Fsp3) is 0.120. The molecule has 4 rings (SSSR count). The summed E-state index contributed by atoms with van der Waals surface area (Å²) in [6, 6.07) is 14.1. The van der Waals surface area contributed by atoms with Gasteiger partial charge in [-0.1, -0.05) is 11.3 Å². The molecule has 0 atom stereocenters. The fourth-order valence-electron chi connectivity index (χ4n) is 3.00. The highest BCUT2D eigenvalue weighted by atomic mass is 32.1. The standard InChI is InChI=1S/C25H20F2N4O3S/c1-25(2,31-21(32)16-7-11-18(27)12-8-16)23(33)30-24-29-20(15-5-9-17(26)10-6-15)22(35-24)34-19-4-3-13-28-14-19/h3-14H,1-2H3,(H,31,32)(H,29,30,33). The van der Waals surface area contributed by atoms with Gasteiger partial charge in [-0.05, 0) is 74.5 Å². The Labute approximate surface area is 203 Å². The number of rotatable bonds is 7. The lowest BCUT2D eigenvalue weighted by Crippen LogP contribution is -2.52. The van der Waals surface area contributed by atoms with Crippen molar-refractivity contribution in [2.45, 2.75) is 19.4 Å². The summed E-state index contributed by atoms with van der Waals surface area (Å²) in [6.45, 7) is 3.07. The minimum absolute atomic E-state index is 0.215. The molecule has 0 spiro atoms. The Morgan fingerprint density at radius 1 is 0.971 bits per heavy atom. The van der Waals surface area contributed by atoms with Gasteiger partial charge < -0.3 is 10.1 Å². The van der Waals surface area contributed by atoms with E-state index in [1.807, 2.05) is 0 Å². The van der Waals surface area contributed by atoms with Gasteiger partial charge in [0.1, 0.15) is 28.6 Å². The first-order chi connectivity index (χ1) is 16.7. The van der Waals surface area contributed by atoms with Crippen LogP contribution in [0.5, 0.6) is 10.8 Å². The summed E-state index contributed by atoms with van der Waals surface area (Å²) in [5.74, 6) is -1.46. The van der Waals surface area contributed by atoms with Gasteiger partial charge in [0.25, 0.3) is 11.8 Å². The number of nitrogens with one attached hydrogen (secondary N) is 2. The number of ether oxygens (including phenoxy) is 1. The molecule has 4 aromatic rings. The summed E-state index contributed by atoms with van der Waals surface area (Å²) in [5, 5.41) is 5.92. The smallest absolute Gasteiger partial charge is 0.252 e. The lowest BCUT2D eigenvalue weighted by atomic mass is 10.0. The third-order valence-electron chi connectivity index (χ3n) is 4.88. The van der Waals surface area contributed by atoms with Gasteiger partial charge in [-0.2, -0.15) is 0 Å². The largest absolute Gasteiger partial charge is 0.443 e. The van der Waals surface area contributed by atoms with Gasteiger partial charge in [-0.15, -0.1) is 0 Å². The molecule has 35 heavy (non-hydrogen) atoms. The molecule has 0 radical (unpaired) electrons. The molecule has 0 aliphatic rings. The molecule has 7 nitrogen and oxygen atoms in total. The molecule has 2 aromatic heterocycles. The zero-order valence-corrected chi connectivity index (χ0v) is 19.5. The molecule has 0 saturated carbocycles. The van der Waals surface area contributed by atoms with Crippen molar-refractivity contribution in [1.29, 1.82) is 0 Å². The van der Waals surface area contributed by atoms with Gasteiger partial charge in [-0.25, -0.2) is 13.8 Å². The summed E-state index contributed by atoms with van der Waals surface area (Å²) in [5.41, 5.74) is -0.113. The number of anilines is 1. The second-order valence-electron chi connectivity index (χ2n) is 7.99. The predicted molar refractivity (Wildman–Crippen MR) is 128 cm³/mol. The molecule has 0 aliphatic carbocycles. The maximum Gasteiger partial charge on any atom is 0.252 e. The second-order valence-corrected chi connectivity index (χ2v) is 8.95. The maximum absolute atomic E-state index is 13.4. The highest BCUT2D eigenvalue weighted by Crippen LogP contribution is 2.40. The second kappa shape index (κ2) is 9.98. The Morgan fingerprint density at radius 3 is 2.26 bits per heavy atom. The summed E-state index contributed by atoms with van der Waals surface area (Å²) in [7, 11) is 0. The molecule has 0 unspecified atom stereocenters. The van der Waals surface area contributed by atoms with Crippen molar-refractivity contribution in [3.8, 4) is 22.1 Å². The van der Waals surface area contributed by atoms with Crippen LogP contribution in [0.2, 0.25) is 0 Å². The van der Waals surface area contributed by atoms with Gasteiger partial charge >= 0.3 is 0 Å². The number of amides is 2. The van der Waals surface area contributed by atoms with E-state index in [4.69, 9.17) is 4.74 Å². The lowest BCUT2D eigenvalue weighted by molar-refractivity contribution is -0.120. The highest BCUT2D eigenvalue weighted by molar-refractivity contribution is 7.18. The van der Waals surface area contributed by atoms with Gasteiger partial charge in [0.2, 0.25) is 5.06 Å². The number of halogens is 2. The summed E-state index contributed by atoms with van der Waals surface area (Å²) >= 11 is 1.07. The van der Waals surface area contributed by atoms with Crippen LogP contribution >= 0.6 is 11.3 Å². The number of aromatic nitrogens is 2. The van der Waals surface area contributed by atoms with Crippen LogP contribution in [0.1, 0.15) is 24.2 Å². The Bertz CT molecular complexity index is 1340. The molecule has 2 N–H and O–H groups in total. The van der Waals surface area contributed by atoms with Crippen molar-refractivity contribution < 1.29 is 23.1 Å². The molecule has 2 aromatic carbocycles. The zero-order chi connectivity index (χ0) is 25.0. The Hall–Kier alpha value is -4.18. The quantitative estimate of drug-likeness (QED) is 0.358. The van der Waals surface area contributed by atoms with E-state index in [-0.39, 0.29) is 10.7 Å². The van der Waals surface area contributed by atoms with Crippen LogP contribution in [0.3, 0.4) is 0 Å². The van der Waals surface area contributed by atoms with Gasteiger partial charge in [0.15, 0.2) is 5.13 Å². The lowest BCUT2D eigenvalue weighted by Gasteiger charge is -2.24. The Balaban J connectivity index is 1.56. The van der Waals surface area contributed by atoms with E-state index >= 15 is 0 Å². The summed E-state index contributed by atoms with van der Waals surface area (Å²) in [6.07, 6.45) is 3.13. The van der Waals surface area contributed by atoms with Crippen LogP contribution in [0.4, 0.5) is 13.9 Å². The Morgan fingerprint density at radius 2 is 1.63 bits per heavy atom. The molecule has 0 bridgehead atoms. The van der Waals surface area contributed by atoms with Crippen molar-refractivity contribution in [3.63, 3.8) is 0 Å². The third kappa shape index (κ3) is 5.85. The first-order valence-electron chi connectivity index (χ1n) is 10.5. The molecule has 10 heteroatoms. The normalized spacial score (nSPS) is 11.1. The average molecular weight is 495 g/mol. The van der Waals surface area contributed by atoms with E-state index < -0.39 is 29.0 Å². The molecule has 0 aliphatic heterocycles. The number of hydrogen-bond donors (Lipinski definition) is 2. The van der Waals surface area contributed by atoms with Crippen LogP contribution in [0.25, 0.3) is 11.3 Å². The minimum atomic E-state index is -1.32. The third-order valence-corrected chi connectivity index (χ3v) is 5.73. The molecule has 0 fully saturated rings. The molecule has 2 amide bonds. The topological polar surface area (TPSA) is 93.2 Å². The molecular weight excluding hydrogens is 474 g/mol.